The van der Waals surface area contributed by atoms with Crippen molar-refractivity contribution in [1.82, 2.24) is 0 Å². The van der Waals surface area contributed by atoms with Crippen LogP contribution in [0.2, 0.25) is 0 Å². The summed E-state index contributed by atoms with van der Waals surface area (Å²) in [6, 6.07) is 10.3. The number of carbonyl (C=O) groups is 1. The van der Waals surface area contributed by atoms with Crippen molar-refractivity contribution >= 4 is 17.5 Å². The second kappa shape index (κ2) is 8.46. The van der Waals surface area contributed by atoms with Gasteiger partial charge < -0.3 is 14.8 Å². The summed E-state index contributed by atoms with van der Waals surface area (Å²) in [5.74, 6) is 0.645. The van der Waals surface area contributed by atoms with E-state index in [9.17, 15) is 18.0 Å². The van der Waals surface area contributed by atoms with Crippen molar-refractivity contribution < 1.29 is 27.4 Å². The quantitative estimate of drug-likeness (QED) is 0.762. The second-order valence-corrected chi connectivity index (χ2v) is 5.27. The molecule has 0 heterocycles. The molecule has 0 atom stereocenters. The Morgan fingerprint density at radius 3 is 2.50 bits per heavy atom. The lowest BCUT2D eigenvalue weighted by Crippen LogP contribution is -2.16. The monoisotopic (exact) mass is 368 g/mol. The average molecular weight is 368 g/mol. The van der Waals surface area contributed by atoms with E-state index in [4.69, 9.17) is 9.47 Å². The molecule has 0 saturated carbocycles. The van der Waals surface area contributed by atoms with E-state index >= 15 is 0 Å². The van der Waals surface area contributed by atoms with Crippen LogP contribution in [0, 0.1) is 0 Å². The number of rotatable bonds is 6. The van der Waals surface area contributed by atoms with Crippen LogP contribution in [0.1, 0.15) is 18.1 Å². The number of benzene rings is 2. The number of anilines is 2. The highest BCUT2D eigenvalue weighted by Gasteiger charge is 2.31. The molecule has 0 aliphatic rings. The van der Waals surface area contributed by atoms with Crippen LogP contribution in [0.5, 0.6) is 5.75 Å². The molecule has 5 nitrogen and oxygen atoms in total. The molecule has 0 radical (unpaired) electrons. The minimum Gasteiger partial charge on any atom is -0.496 e. The van der Waals surface area contributed by atoms with Crippen molar-refractivity contribution in [2.45, 2.75) is 19.6 Å². The number of methoxy groups -OCH3 is 1. The van der Waals surface area contributed by atoms with Crippen LogP contribution < -0.4 is 15.4 Å². The van der Waals surface area contributed by atoms with Gasteiger partial charge in [0.1, 0.15) is 5.75 Å². The molecule has 0 fully saturated rings. The number of ether oxygens (including phenoxy) is 2. The van der Waals surface area contributed by atoms with E-state index in [2.05, 4.69) is 10.6 Å². The Morgan fingerprint density at radius 1 is 1.12 bits per heavy atom. The first-order chi connectivity index (χ1) is 12.3. The SMILES string of the molecule is CCOC(=O)Nc1cc(C(F)(F)F)ccc1NCc1ccccc1OC. The van der Waals surface area contributed by atoms with Crippen LogP contribution in [-0.2, 0) is 17.5 Å². The molecular formula is C18H19F3N2O3. The summed E-state index contributed by atoms with van der Waals surface area (Å²) in [4.78, 5) is 11.6. The summed E-state index contributed by atoms with van der Waals surface area (Å²) in [5, 5.41) is 5.35. The maximum absolute atomic E-state index is 13.0. The Morgan fingerprint density at radius 2 is 1.85 bits per heavy atom. The normalized spacial score (nSPS) is 11.0. The Bertz CT molecular complexity index is 764. The van der Waals surface area contributed by atoms with Crippen LogP contribution in [0.3, 0.4) is 0 Å². The van der Waals surface area contributed by atoms with Crippen molar-refractivity contribution in [2.75, 3.05) is 24.4 Å². The molecule has 0 spiro atoms. The van der Waals surface area contributed by atoms with Gasteiger partial charge in [0, 0.05) is 12.1 Å². The predicted octanol–water partition coefficient (Wildman–Crippen LogP) is 4.89. The third-order valence-corrected chi connectivity index (χ3v) is 3.52. The molecule has 0 aromatic heterocycles. The van der Waals surface area contributed by atoms with E-state index in [0.29, 0.717) is 18.0 Å². The number of nitrogens with one attached hydrogen (secondary N) is 2. The van der Waals surface area contributed by atoms with Gasteiger partial charge in [0.25, 0.3) is 0 Å². The first kappa shape index (κ1) is 19.4. The zero-order valence-electron chi connectivity index (χ0n) is 14.3. The van der Waals surface area contributed by atoms with Crippen LogP contribution in [0.15, 0.2) is 42.5 Å². The van der Waals surface area contributed by atoms with E-state index in [1.165, 1.54) is 13.2 Å². The zero-order valence-corrected chi connectivity index (χ0v) is 14.3. The topological polar surface area (TPSA) is 59.6 Å². The van der Waals surface area contributed by atoms with Crippen LogP contribution in [-0.4, -0.2) is 19.8 Å². The van der Waals surface area contributed by atoms with E-state index in [0.717, 1.165) is 17.7 Å². The second-order valence-electron chi connectivity index (χ2n) is 5.27. The summed E-state index contributed by atoms with van der Waals surface area (Å²) in [6.07, 6.45) is -5.35. The molecule has 26 heavy (non-hydrogen) atoms. The van der Waals surface area contributed by atoms with Gasteiger partial charge in [-0.1, -0.05) is 18.2 Å². The average Bonchev–Trinajstić information content (AvgIpc) is 2.60. The van der Waals surface area contributed by atoms with Crippen molar-refractivity contribution in [3.05, 3.63) is 53.6 Å². The first-order valence-corrected chi connectivity index (χ1v) is 7.86. The highest BCUT2D eigenvalue weighted by atomic mass is 19.4. The fourth-order valence-electron chi connectivity index (χ4n) is 2.29. The number of halogens is 3. The highest BCUT2D eigenvalue weighted by molar-refractivity contribution is 5.89. The Labute approximate surface area is 149 Å². The number of carbonyl (C=O) groups excluding carboxylic acids is 1. The van der Waals surface area contributed by atoms with Crippen molar-refractivity contribution in [1.29, 1.82) is 0 Å². The largest absolute Gasteiger partial charge is 0.496 e. The molecule has 0 unspecified atom stereocenters. The van der Waals surface area contributed by atoms with Gasteiger partial charge in [0.15, 0.2) is 0 Å². The van der Waals surface area contributed by atoms with Crippen molar-refractivity contribution in [3.63, 3.8) is 0 Å². The van der Waals surface area contributed by atoms with E-state index in [1.54, 1.807) is 13.0 Å². The molecular weight excluding hydrogens is 349 g/mol. The summed E-state index contributed by atoms with van der Waals surface area (Å²) in [5.41, 5.74) is 0.259. The van der Waals surface area contributed by atoms with E-state index in [1.807, 2.05) is 18.2 Å². The standard InChI is InChI=1S/C18H19F3N2O3/c1-3-26-17(24)23-15-10-13(18(19,20)21)8-9-14(15)22-11-12-6-4-5-7-16(12)25-2/h4-10,22H,3,11H2,1-2H3,(H,23,24). The summed E-state index contributed by atoms with van der Waals surface area (Å²) < 4.78 is 48.9. The number of para-hydroxylation sites is 1. The van der Waals surface area contributed by atoms with Gasteiger partial charge in [-0.15, -0.1) is 0 Å². The van der Waals surface area contributed by atoms with Gasteiger partial charge in [-0.25, -0.2) is 4.79 Å². The molecule has 2 aromatic rings. The Hall–Kier alpha value is -2.90. The highest BCUT2D eigenvalue weighted by Crippen LogP contribution is 2.34. The minimum atomic E-state index is -4.52. The molecule has 2 rings (SSSR count). The third-order valence-electron chi connectivity index (χ3n) is 3.52. The molecule has 0 bridgehead atoms. The Kier molecular flexibility index (Phi) is 6.32. The molecule has 0 aliphatic carbocycles. The lowest BCUT2D eigenvalue weighted by Gasteiger charge is -2.16. The smallest absolute Gasteiger partial charge is 0.416 e. The number of hydrogen-bond donors (Lipinski definition) is 2. The third kappa shape index (κ3) is 5.05. The summed E-state index contributed by atoms with van der Waals surface area (Å²) in [7, 11) is 1.53. The number of amides is 1. The van der Waals surface area contributed by atoms with Crippen LogP contribution in [0.25, 0.3) is 0 Å². The van der Waals surface area contributed by atoms with Gasteiger partial charge in [-0.2, -0.15) is 13.2 Å². The lowest BCUT2D eigenvalue weighted by molar-refractivity contribution is -0.137. The maximum atomic E-state index is 13.0. The van der Waals surface area contributed by atoms with Crippen molar-refractivity contribution in [2.24, 2.45) is 0 Å². The molecule has 1 amide bonds. The van der Waals surface area contributed by atoms with E-state index < -0.39 is 17.8 Å². The first-order valence-electron chi connectivity index (χ1n) is 7.86. The molecule has 2 aromatic carbocycles. The molecule has 8 heteroatoms. The van der Waals surface area contributed by atoms with Gasteiger partial charge in [-0.05, 0) is 31.2 Å². The van der Waals surface area contributed by atoms with Gasteiger partial charge in [0.05, 0.1) is 30.7 Å². The van der Waals surface area contributed by atoms with Crippen LogP contribution >= 0.6 is 0 Å². The number of alkyl halides is 3. The molecule has 0 saturated heterocycles. The van der Waals surface area contributed by atoms with Gasteiger partial charge in [-0.3, -0.25) is 5.32 Å². The Balaban J connectivity index is 2.26. The molecule has 0 aliphatic heterocycles. The number of hydrogen-bond acceptors (Lipinski definition) is 4. The van der Waals surface area contributed by atoms with Gasteiger partial charge in [0.2, 0.25) is 0 Å². The lowest BCUT2D eigenvalue weighted by atomic mass is 10.1. The van der Waals surface area contributed by atoms with Gasteiger partial charge >= 0.3 is 12.3 Å². The molecule has 2 N–H and O–H groups in total. The summed E-state index contributed by atoms with van der Waals surface area (Å²) in [6.45, 7) is 2.01. The molecule has 140 valence electrons. The zero-order chi connectivity index (χ0) is 19.2. The maximum Gasteiger partial charge on any atom is 0.416 e. The summed E-state index contributed by atoms with van der Waals surface area (Å²) >= 11 is 0. The fraction of sp³-hybridized carbons (Fsp3) is 0.278. The van der Waals surface area contributed by atoms with E-state index in [-0.39, 0.29) is 12.3 Å². The van der Waals surface area contributed by atoms with Crippen LogP contribution in [0.4, 0.5) is 29.3 Å². The van der Waals surface area contributed by atoms with Crippen molar-refractivity contribution in [3.8, 4) is 5.75 Å². The predicted molar refractivity (Wildman–Crippen MR) is 92.4 cm³/mol. The fourth-order valence-corrected chi connectivity index (χ4v) is 2.29. The minimum absolute atomic E-state index is 0.0202.